The van der Waals surface area contributed by atoms with E-state index in [1.165, 1.54) is 0 Å². The molecule has 1 aromatic rings. The molecule has 0 spiro atoms. The molecule has 1 N–H and O–H groups in total. The molecule has 1 saturated heterocycles. The largest absolute Gasteiger partial charge is 0.487 e. The Bertz CT molecular complexity index is 509. The van der Waals surface area contributed by atoms with Gasteiger partial charge in [0.15, 0.2) is 0 Å². The van der Waals surface area contributed by atoms with E-state index < -0.39 is 0 Å². The van der Waals surface area contributed by atoms with E-state index in [1.54, 1.807) is 0 Å². The first-order valence-corrected chi connectivity index (χ1v) is 7.44. The fraction of sp³-hybridized carbons (Fsp3) is 0.562. The summed E-state index contributed by atoms with van der Waals surface area (Å²) in [6.07, 6.45) is 2.11. The van der Waals surface area contributed by atoms with Crippen LogP contribution in [0.15, 0.2) is 18.2 Å². The summed E-state index contributed by atoms with van der Waals surface area (Å²) < 4.78 is 5.87. The van der Waals surface area contributed by atoms with Crippen LogP contribution in [0.3, 0.4) is 0 Å². The quantitative estimate of drug-likeness (QED) is 0.853. The molecule has 2 unspecified atom stereocenters. The minimum Gasteiger partial charge on any atom is -0.487 e. The number of fused-ring (bicyclic) bond motifs is 1. The summed E-state index contributed by atoms with van der Waals surface area (Å²) in [6.45, 7) is 6.53. The lowest BCUT2D eigenvalue weighted by Crippen LogP contribution is -2.48. The summed E-state index contributed by atoms with van der Waals surface area (Å²) in [7, 11) is 0. The van der Waals surface area contributed by atoms with Crippen LogP contribution >= 0.6 is 0 Å². The summed E-state index contributed by atoms with van der Waals surface area (Å²) in [5.74, 6) is 1.17. The highest BCUT2D eigenvalue weighted by Gasteiger charge is 2.32. The lowest BCUT2D eigenvalue weighted by atomic mass is 9.97. The van der Waals surface area contributed by atoms with Crippen LogP contribution in [-0.2, 0) is 4.79 Å². The summed E-state index contributed by atoms with van der Waals surface area (Å²) in [4.78, 5) is 14.7. The van der Waals surface area contributed by atoms with E-state index in [9.17, 15) is 4.79 Å². The molecule has 0 bridgehead atoms. The Kier molecular flexibility index (Phi) is 3.66. The van der Waals surface area contributed by atoms with Gasteiger partial charge in [0.25, 0.3) is 0 Å². The van der Waals surface area contributed by atoms with Gasteiger partial charge in [0.1, 0.15) is 11.9 Å². The first-order chi connectivity index (χ1) is 9.65. The third-order valence-corrected chi connectivity index (χ3v) is 4.09. The highest BCUT2D eigenvalue weighted by atomic mass is 16.5. The number of aryl methyl sites for hydroxylation is 1. The molecule has 0 aromatic heterocycles. The second kappa shape index (κ2) is 5.44. The number of hydrogen-bond acceptors (Lipinski definition) is 3. The predicted octanol–water partition coefficient (Wildman–Crippen LogP) is 2.11. The fourth-order valence-electron chi connectivity index (χ4n) is 3.04. The van der Waals surface area contributed by atoms with Crippen molar-refractivity contribution in [2.24, 2.45) is 5.92 Å². The van der Waals surface area contributed by atoms with Crippen molar-refractivity contribution < 1.29 is 9.53 Å². The number of piperidine rings is 1. The third kappa shape index (κ3) is 2.52. The molecule has 2 heterocycles. The maximum absolute atomic E-state index is 12.8. The van der Waals surface area contributed by atoms with Crippen molar-refractivity contribution in [3.8, 4) is 5.75 Å². The molecule has 0 aliphatic carbocycles. The van der Waals surface area contributed by atoms with Gasteiger partial charge in [-0.05, 0) is 50.9 Å². The highest BCUT2D eigenvalue weighted by molar-refractivity contribution is 5.97. The van der Waals surface area contributed by atoms with Gasteiger partial charge in [0.05, 0.1) is 18.2 Å². The number of hydrogen-bond donors (Lipinski definition) is 1. The smallest absolute Gasteiger partial charge is 0.231 e. The Balaban J connectivity index is 1.88. The van der Waals surface area contributed by atoms with Crippen molar-refractivity contribution >= 4 is 11.6 Å². The lowest BCUT2D eigenvalue weighted by molar-refractivity contribution is -0.123. The molecular formula is C16H22N2O2. The number of ether oxygens (including phenoxy) is 1. The van der Waals surface area contributed by atoms with E-state index in [4.69, 9.17) is 4.74 Å². The first kappa shape index (κ1) is 13.4. The Labute approximate surface area is 120 Å². The van der Waals surface area contributed by atoms with Gasteiger partial charge in [0.2, 0.25) is 5.91 Å². The average Bonchev–Trinajstić information content (AvgIpc) is 2.46. The van der Waals surface area contributed by atoms with Crippen LogP contribution in [0.25, 0.3) is 0 Å². The number of amides is 1. The number of rotatable bonds is 1. The van der Waals surface area contributed by atoms with Crippen molar-refractivity contribution in [1.29, 1.82) is 0 Å². The van der Waals surface area contributed by atoms with Gasteiger partial charge in [0, 0.05) is 6.54 Å². The molecule has 0 radical (unpaired) electrons. The minimum atomic E-state index is 0.0461. The van der Waals surface area contributed by atoms with E-state index in [-0.39, 0.29) is 17.9 Å². The lowest BCUT2D eigenvalue weighted by Gasteiger charge is -2.36. The van der Waals surface area contributed by atoms with Crippen molar-refractivity contribution in [1.82, 2.24) is 5.32 Å². The van der Waals surface area contributed by atoms with Crippen LogP contribution in [-0.4, -0.2) is 31.6 Å². The fourth-order valence-corrected chi connectivity index (χ4v) is 3.04. The molecule has 108 valence electrons. The molecule has 1 aromatic carbocycles. The Morgan fingerprint density at radius 2 is 2.30 bits per heavy atom. The van der Waals surface area contributed by atoms with Gasteiger partial charge in [-0.1, -0.05) is 6.07 Å². The zero-order valence-corrected chi connectivity index (χ0v) is 12.2. The monoisotopic (exact) mass is 274 g/mol. The van der Waals surface area contributed by atoms with Gasteiger partial charge in [-0.15, -0.1) is 0 Å². The van der Waals surface area contributed by atoms with Gasteiger partial charge >= 0.3 is 0 Å². The van der Waals surface area contributed by atoms with Crippen LogP contribution in [0.4, 0.5) is 5.69 Å². The van der Waals surface area contributed by atoms with Crippen LogP contribution < -0.4 is 15.0 Å². The Morgan fingerprint density at radius 1 is 1.45 bits per heavy atom. The number of nitrogens with zero attached hydrogens (tertiary/aromatic N) is 1. The van der Waals surface area contributed by atoms with Gasteiger partial charge in [-0.25, -0.2) is 0 Å². The molecule has 2 atom stereocenters. The summed E-state index contributed by atoms with van der Waals surface area (Å²) >= 11 is 0. The van der Waals surface area contributed by atoms with E-state index >= 15 is 0 Å². The normalized spacial score (nSPS) is 25.8. The second-order valence-electron chi connectivity index (χ2n) is 5.89. The van der Waals surface area contributed by atoms with E-state index in [0.717, 1.165) is 42.9 Å². The Morgan fingerprint density at radius 3 is 3.05 bits per heavy atom. The molecule has 1 fully saturated rings. The van der Waals surface area contributed by atoms with Crippen molar-refractivity contribution in [2.45, 2.75) is 32.8 Å². The maximum atomic E-state index is 12.8. The van der Waals surface area contributed by atoms with Gasteiger partial charge in [-0.2, -0.15) is 0 Å². The number of carbonyl (C=O) groups is 1. The molecule has 4 nitrogen and oxygen atoms in total. The zero-order chi connectivity index (χ0) is 14.1. The van der Waals surface area contributed by atoms with Crippen LogP contribution in [0.2, 0.25) is 0 Å². The predicted molar refractivity (Wildman–Crippen MR) is 79.2 cm³/mol. The topological polar surface area (TPSA) is 41.6 Å². The Hall–Kier alpha value is -1.55. The number of anilines is 1. The molecule has 2 aliphatic rings. The molecule has 1 amide bonds. The second-order valence-corrected chi connectivity index (χ2v) is 5.89. The molecule has 2 aliphatic heterocycles. The molecular weight excluding hydrogens is 252 g/mol. The van der Waals surface area contributed by atoms with Crippen LogP contribution in [0.1, 0.15) is 25.3 Å². The van der Waals surface area contributed by atoms with E-state index in [1.807, 2.05) is 36.9 Å². The molecule has 20 heavy (non-hydrogen) atoms. The zero-order valence-electron chi connectivity index (χ0n) is 12.2. The first-order valence-electron chi connectivity index (χ1n) is 7.44. The third-order valence-electron chi connectivity index (χ3n) is 4.09. The standard InChI is InChI=1S/C16H22N2O2/c1-11-5-6-14-15(8-11)20-12(2)10-18(14)16(19)13-4-3-7-17-9-13/h5-6,8,12-13,17H,3-4,7,9-10H2,1-2H3. The number of nitrogens with one attached hydrogen (secondary N) is 1. The summed E-state index contributed by atoms with van der Waals surface area (Å²) in [6, 6.07) is 6.06. The number of benzene rings is 1. The summed E-state index contributed by atoms with van der Waals surface area (Å²) in [5, 5.41) is 3.32. The van der Waals surface area contributed by atoms with E-state index in [2.05, 4.69) is 5.32 Å². The average molecular weight is 274 g/mol. The van der Waals surface area contributed by atoms with Gasteiger partial charge < -0.3 is 15.0 Å². The maximum Gasteiger partial charge on any atom is 0.231 e. The number of carbonyl (C=O) groups excluding carboxylic acids is 1. The van der Waals surface area contributed by atoms with Crippen molar-refractivity contribution in [3.63, 3.8) is 0 Å². The minimum absolute atomic E-state index is 0.0461. The van der Waals surface area contributed by atoms with Crippen LogP contribution in [0.5, 0.6) is 5.75 Å². The molecule has 4 heteroatoms. The van der Waals surface area contributed by atoms with Gasteiger partial charge in [-0.3, -0.25) is 4.79 Å². The molecule has 0 saturated carbocycles. The van der Waals surface area contributed by atoms with Crippen LogP contribution in [0, 0.1) is 12.8 Å². The molecule has 3 rings (SSSR count). The van der Waals surface area contributed by atoms with Crippen molar-refractivity contribution in [2.75, 3.05) is 24.5 Å². The SMILES string of the molecule is Cc1ccc2c(c1)OC(C)CN2C(=O)C1CCCNC1. The van der Waals surface area contributed by atoms with Crippen molar-refractivity contribution in [3.05, 3.63) is 23.8 Å². The highest BCUT2D eigenvalue weighted by Crippen LogP contribution is 2.35. The summed E-state index contributed by atoms with van der Waals surface area (Å²) in [5.41, 5.74) is 2.08. The van der Waals surface area contributed by atoms with E-state index in [0.29, 0.717) is 6.54 Å².